The van der Waals surface area contributed by atoms with Crippen molar-refractivity contribution in [1.29, 1.82) is 0 Å². The zero-order chi connectivity index (χ0) is 72.3. The molecule has 4 aromatic heterocycles. The molecule has 1 aliphatic carbocycles. The maximum Gasteiger partial charge on any atom is 0.0541 e. The molecule has 22 rings (SSSR count). The van der Waals surface area contributed by atoms with E-state index < -0.39 is 0 Å². The summed E-state index contributed by atoms with van der Waals surface area (Å²) in [5, 5.41) is 10.0. The Morgan fingerprint density at radius 3 is 0.798 bits per heavy atom. The van der Waals surface area contributed by atoms with E-state index in [9.17, 15) is 0 Å². The summed E-state index contributed by atoms with van der Waals surface area (Å²) >= 11 is 0. The van der Waals surface area contributed by atoms with Crippen LogP contribution < -0.4 is 0 Å². The van der Waals surface area contributed by atoms with Gasteiger partial charge in [0.2, 0.25) is 0 Å². The van der Waals surface area contributed by atoms with Crippen molar-refractivity contribution < 1.29 is 0 Å². The van der Waals surface area contributed by atoms with Crippen molar-refractivity contribution in [2.45, 2.75) is 19.3 Å². The Morgan fingerprint density at radius 1 is 0.156 bits per heavy atom. The number of aromatic nitrogens is 4. The van der Waals surface area contributed by atoms with Crippen molar-refractivity contribution in [1.82, 2.24) is 18.3 Å². The molecular formula is C105H72N4. The molecule has 0 bridgehead atoms. The van der Waals surface area contributed by atoms with Gasteiger partial charge in [0.25, 0.3) is 0 Å². The van der Waals surface area contributed by atoms with Crippen LogP contribution in [0.1, 0.15) is 25.0 Å². The maximum absolute atomic E-state index is 2.45. The number of fused-ring (bicyclic) bond motifs is 15. The topological polar surface area (TPSA) is 19.7 Å². The highest BCUT2D eigenvalue weighted by Crippen LogP contribution is 2.50. The van der Waals surface area contributed by atoms with Gasteiger partial charge in [0.1, 0.15) is 0 Å². The minimum Gasteiger partial charge on any atom is -0.309 e. The monoisotopic (exact) mass is 1390 g/mol. The highest BCUT2D eigenvalue weighted by molar-refractivity contribution is 6.15. The van der Waals surface area contributed by atoms with Crippen LogP contribution in [0.5, 0.6) is 0 Å². The second-order valence-corrected chi connectivity index (χ2v) is 29.6. The molecule has 21 aromatic rings. The van der Waals surface area contributed by atoms with E-state index in [1.807, 2.05) is 0 Å². The predicted octanol–water partition coefficient (Wildman–Crippen LogP) is 28.1. The molecule has 4 heterocycles. The minimum absolute atomic E-state index is 0.0543. The van der Waals surface area contributed by atoms with Crippen molar-refractivity contribution in [2.75, 3.05) is 0 Å². The zero-order valence-electron chi connectivity index (χ0n) is 60.4. The Labute approximate surface area is 632 Å². The van der Waals surface area contributed by atoms with Crippen molar-refractivity contribution in [3.05, 3.63) is 412 Å². The number of para-hydroxylation sites is 4. The molecule has 0 saturated heterocycles. The Balaban J connectivity index is 0.000000139. The normalized spacial score (nSPS) is 12.4. The third-order valence-corrected chi connectivity index (χ3v) is 23.0. The van der Waals surface area contributed by atoms with Gasteiger partial charge in [-0.25, -0.2) is 0 Å². The third-order valence-electron chi connectivity index (χ3n) is 23.0. The summed E-state index contributed by atoms with van der Waals surface area (Å²) in [6, 6.07) is 146. The van der Waals surface area contributed by atoms with Gasteiger partial charge >= 0.3 is 0 Å². The van der Waals surface area contributed by atoms with Crippen molar-refractivity contribution in [3.8, 4) is 101 Å². The second-order valence-electron chi connectivity index (χ2n) is 29.6. The molecule has 512 valence electrons. The van der Waals surface area contributed by atoms with Crippen LogP contribution in [0.25, 0.3) is 188 Å². The van der Waals surface area contributed by atoms with Gasteiger partial charge in [0.05, 0.1) is 44.1 Å². The van der Waals surface area contributed by atoms with Crippen molar-refractivity contribution in [3.63, 3.8) is 0 Å². The Hall–Kier alpha value is -14.1. The summed E-state index contributed by atoms with van der Waals surface area (Å²) < 4.78 is 9.69. The molecule has 0 N–H and O–H groups in total. The minimum atomic E-state index is -0.0543. The Morgan fingerprint density at radius 2 is 0.422 bits per heavy atom. The summed E-state index contributed by atoms with van der Waals surface area (Å²) in [7, 11) is 0. The molecule has 0 aliphatic heterocycles. The van der Waals surface area contributed by atoms with Crippen LogP contribution in [0.4, 0.5) is 0 Å². The van der Waals surface area contributed by atoms with E-state index in [0.29, 0.717) is 0 Å². The quantitative estimate of drug-likeness (QED) is 0.130. The fraction of sp³-hybridized carbons (Fsp3) is 0.0286. The van der Waals surface area contributed by atoms with Crippen LogP contribution in [-0.2, 0) is 5.41 Å². The highest BCUT2D eigenvalue weighted by Gasteiger charge is 2.36. The van der Waals surface area contributed by atoms with E-state index in [2.05, 4.69) is 432 Å². The average Bonchev–Trinajstić information content (AvgIpc) is 1.58. The number of rotatable bonds is 10. The Kier molecular flexibility index (Phi) is 14.9. The first kappa shape index (κ1) is 63.4. The lowest BCUT2D eigenvalue weighted by Gasteiger charge is -2.22. The SMILES string of the molecule is CC1(C)c2ccccc2-c2ccc(-n3c4ccccc4c4cc(-c5ccc6c(c5)c5ccccc5n6-c5ccc(-c6ccccc6)cc5)ccc43)cc21.c1ccc(-c2ccc(-n3c4ccccc4c4cc(-c5ccc6c(c5)c5ccccc5n6-c5cc(-c6ccccc6)cc(-c6ccccc6)c5)ccc43)cc2)cc1. The molecular weight excluding hydrogens is 1320 g/mol. The van der Waals surface area contributed by atoms with E-state index in [1.54, 1.807) is 0 Å². The third kappa shape index (κ3) is 10.6. The van der Waals surface area contributed by atoms with E-state index in [0.717, 1.165) is 17.1 Å². The van der Waals surface area contributed by atoms with Gasteiger partial charge in [-0.05, 0) is 216 Å². The fourth-order valence-electron chi connectivity index (χ4n) is 17.8. The highest BCUT2D eigenvalue weighted by atomic mass is 15.0. The standard InChI is InChI=1S/C54H36N2.C51H36N2/c1-4-14-37(15-5-1)40-24-28-45(29-25-40)55-51-22-12-10-20-47(51)49-35-41(26-30-53(49)55)42-27-31-54-50(36-42)48-21-11-13-23-52(48)56(54)46-33-43(38-16-6-2-7-17-38)32-44(34-46)39-18-8-3-9-19-39;1-51(2)45-17-9-6-14-39(45)40-27-26-38(32-46(40)51)53-48-19-11-8-16-42(48)44-31-36(23-29-50(44)53)35-22-28-49-43(30-35)41-15-7-10-18-47(41)52(49)37-24-20-34(21-25-37)33-12-4-3-5-13-33/h1-36H;3-32H,1-2H3. The summed E-state index contributed by atoms with van der Waals surface area (Å²) in [4.78, 5) is 0. The van der Waals surface area contributed by atoms with Crippen molar-refractivity contribution in [2.24, 2.45) is 0 Å². The molecule has 0 spiro atoms. The lowest BCUT2D eigenvalue weighted by Crippen LogP contribution is -2.15. The molecule has 109 heavy (non-hydrogen) atoms. The first-order chi connectivity index (χ1) is 53.8. The Bertz CT molecular complexity index is 7080. The van der Waals surface area contributed by atoms with Gasteiger partial charge in [-0.15, -0.1) is 0 Å². The number of nitrogens with zero attached hydrogens (tertiary/aromatic N) is 4. The molecule has 4 nitrogen and oxygen atoms in total. The summed E-state index contributed by atoms with van der Waals surface area (Å²) in [5.74, 6) is 0. The number of hydrogen-bond donors (Lipinski definition) is 0. The van der Waals surface area contributed by atoms with Gasteiger partial charge in [0.15, 0.2) is 0 Å². The molecule has 0 atom stereocenters. The zero-order valence-corrected chi connectivity index (χ0v) is 60.4. The second kappa shape index (κ2) is 25.6. The first-order valence-corrected chi connectivity index (χ1v) is 37.8. The smallest absolute Gasteiger partial charge is 0.0541 e. The molecule has 17 aromatic carbocycles. The van der Waals surface area contributed by atoms with E-state index in [4.69, 9.17) is 0 Å². The van der Waals surface area contributed by atoms with Crippen LogP contribution in [0, 0.1) is 0 Å². The maximum atomic E-state index is 2.45. The molecule has 1 aliphatic rings. The van der Waals surface area contributed by atoms with Crippen molar-refractivity contribution >= 4 is 87.2 Å². The largest absolute Gasteiger partial charge is 0.309 e. The van der Waals surface area contributed by atoms with E-state index >= 15 is 0 Å². The molecule has 0 amide bonds. The van der Waals surface area contributed by atoms with Crippen LogP contribution in [0.2, 0.25) is 0 Å². The lowest BCUT2D eigenvalue weighted by molar-refractivity contribution is 0.660. The molecule has 0 saturated carbocycles. The van der Waals surface area contributed by atoms with Gasteiger partial charge in [0, 0.05) is 71.3 Å². The van der Waals surface area contributed by atoms with Crippen LogP contribution >= 0.6 is 0 Å². The molecule has 0 unspecified atom stereocenters. The van der Waals surface area contributed by atoms with Crippen LogP contribution in [-0.4, -0.2) is 18.3 Å². The molecule has 4 heteroatoms. The van der Waals surface area contributed by atoms with E-state index in [1.165, 1.54) is 182 Å². The molecule has 0 fully saturated rings. The predicted molar refractivity (Wildman–Crippen MR) is 460 cm³/mol. The fourth-order valence-corrected chi connectivity index (χ4v) is 17.8. The number of hydrogen-bond acceptors (Lipinski definition) is 0. The van der Waals surface area contributed by atoms with E-state index in [-0.39, 0.29) is 5.41 Å². The van der Waals surface area contributed by atoms with Crippen LogP contribution in [0.15, 0.2) is 400 Å². The summed E-state index contributed by atoms with van der Waals surface area (Å²) in [5.41, 5.74) is 34.3. The van der Waals surface area contributed by atoms with Gasteiger partial charge in [-0.1, -0.05) is 287 Å². The first-order valence-electron chi connectivity index (χ1n) is 37.8. The summed E-state index contributed by atoms with van der Waals surface area (Å²) in [6.07, 6.45) is 0. The van der Waals surface area contributed by atoms with Gasteiger partial charge in [-0.3, -0.25) is 0 Å². The number of benzene rings is 17. The van der Waals surface area contributed by atoms with Crippen LogP contribution in [0.3, 0.4) is 0 Å². The summed E-state index contributed by atoms with van der Waals surface area (Å²) in [6.45, 7) is 4.71. The van der Waals surface area contributed by atoms with Gasteiger partial charge < -0.3 is 18.3 Å². The molecule has 0 radical (unpaired) electrons. The van der Waals surface area contributed by atoms with Gasteiger partial charge in [-0.2, -0.15) is 0 Å². The average molecular weight is 1390 g/mol. The lowest BCUT2D eigenvalue weighted by atomic mass is 9.82.